The van der Waals surface area contributed by atoms with E-state index in [4.69, 9.17) is 5.14 Å². The molecule has 0 unspecified atom stereocenters. The molecule has 0 bridgehead atoms. The zero-order valence-electron chi connectivity index (χ0n) is 13.6. The number of carbonyl (C=O) groups excluding carboxylic acids is 1. The third-order valence-corrected chi connectivity index (χ3v) is 4.73. The number of benzene rings is 2. The Labute approximate surface area is 146 Å². The molecular weight excluding hydrogens is 340 g/mol. The Morgan fingerprint density at radius 2 is 1.76 bits per heavy atom. The Hall–Kier alpha value is -2.71. The van der Waals surface area contributed by atoms with Crippen LogP contribution >= 0.6 is 0 Å². The molecule has 1 amide bonds. The number of nitrogens with one attached hydrogen (secondary N) is 1. The van der Waals surface area contributed by atoms with Gasteiger partial charge >= 0.3 is 0 Å². The summed E-state index contributed by atoms with van der Waals surface area (Å²) in [7, 11) is -3.69. The van der Waals surface area contributed by atoms with Crippen molar-refractivity contribution in [3.8, 4) is 0 Å². The Morgan fingerprint density at radius 3 is 2.32 bits per heavy atom. The van der Waals surface area contributed by atoms with Crippen molar-refractivity contribution in [1.29, 1.82) is 0 Å². The van der Waals surface area contributed by atoms with Crippen molar-refractivity contribution in [2.45, 2.75) is 18.2 Å². The molecule has 130 valence electrons. The predicted octanol–water partition coefficient (Wildman–Crippen LogP) is 1.91. The first-order chi connectivity index (χ1) is 11.8. The largest absolute Gasteiger partial charge is 0.326 e. The molecule has 0 spiro atoms. The number of anilines is 2. The number of hydrogen-bond acceptors (Lipinski definition) is 5. The topological polar surface area (TPSA) is 105 Å². The Morgan fingerprint density at radius 1 is 1.12 bits per heavy atom. The van der Waals surface area contributed by atoms with Crippen molar-refractivity contribution in [2.75, 3.05) is 16.9 Å². The molecule has 2 aromatic carbocycles. The SMILES string of the molecule is CC(=O)Nc1ccc(C2=NN(c3ccc(S(N)(=O)=O)cc3)CC2)cc1. The van der Waals surface area contributed by atoms with Crippen LogP contribution in [0.25, 0.3) is 0 Å². The Kier molecular flexibility index (Phi) is 4.56. The molecule has 3 N–H and O–H groups in total. The van der Waals surface area contributed by atoms with Gasteiger partial charge in [0.25, 0.3) is 0 Å². The highest BCUT2D eigenvalue weighted by molar-refractivity contribution is 7.89. The lowest BCUT2D eigenvalue weighted by Gasteiger charge is -2.13. The van der Waals surface area contributed by atoms with E-state index >= 15 is 0 Å². The molecule has 7 nitrogen and oxygen atoms in total. The molecule has 2 aromatic rings. The molecule has 0 aliphatic carbocycles. The molecule has 0 saturated carbocycles. The van der Waals surface area contributed by atoms with Crippen molar-refractivity contribution >= 4 is 33.0 Å². The standard InChI is InChI=1S/C17H18N4O3S/c1-12(22)19-14-4-2-13(3-5-14)17-10-11-21(20-17)15-6-8-16(9-7-15)25(18,23)24/h2-9H,10-11H2,1H3,(H,19,22)(H2,18,23,24). The first-order valence-electron chi connectivity index (χ1n) is 7.69. The number of rotatable bonds is 4. The van der Waals surface area contributed by atoms with Crippen molar-refractivity contribution < 1.29 is 13.2 Å². The summed E-state index contributed by atoms with van der Waals surface area (Å²) in [6.45, 7) is 2.17. The van der Waals surface area contributed by atoms with Crippen LogP contribution in [0.4, 0.5) is 11.4 Å². The Balaban J connectivity index is 1.77. The summed E-state index contributed by atoms with van der Waals surface area (Å²) in [4.78, 5) is 11.1. The van der Waals surface area contributed by atoms with Gasteiger partial charge in [0.2, 0.25) is 15.9 Å². The third kappa shape index (κ3) is 4.04. The lowest BCUT2D eigenvalue weighted by Crippen LogP contribution is -2.14. The molecule has 0 fully saturated rings. The van der Waals surface area contributed by atoms with Crippen molar-refractivity contribution in [3.05, 3.63) is 54.1 Å². The van der Waals surface area contributed by atoms with Gasteiger partial charge in [-0.25, -0.2) is 13.6 Å². The van der Waals surface area contributed by atoms with Gasteiger partial charge in [0.1, 0.15) is 0 Å². The minimum absolute atomic E-state index is 0.0770. The zero-order valence-corrected chi connectivity index (χ0v) is 14.5. The maximum atomic E-state index is 11.3. The van der Waals surface area contributed by atoms with Crippen LogP contribution in [-0.4, -0.2) is 26.6 Å². The van der Waals surface area contributed by atoms with Crippen molar-refractivity contribution in [2.24, 2.45) is 10.2 Å². The highest BCUT2D eigenvalue weighted by Gasteiger charge is 2.18. The minimum Gasteiger partial charge on any atom is -0.326 e. The van der Waals surface area contributed by atoms with Gasteiger partial charge in [-0.3, -0.25) is 9.80 Å². The molecule has 25 heavy (non-hydrogen) atoms. The number of hydrogen-bond donors (Lipinski definition) is 2. The van der Waals surface area contributed by atoms with Gasteiger partial charge in [-0.05, 0) is 42.0 Å². The van der Waals surface area contributed by atoms with Gasteiger partial charge in [0.05, 0.1) is 16.3 Å². The van der Waals surface area contributed by atoms with Crippen LogP contribution in [0.3, 0.4) is 0 Å². The molecule has 0 saturated heterocycles. The van der Waals surface area contributed by atoms with Gasteiger partial charge in [-0.1, -0.05) is 12.1 Å². The van der Waals surface area contributed by atoms with E-state index in [2.05, 4.69) is 10.4 Å². The van der Waals surface area contributed by atoms with Crippen LogP contribution in [-0.2, 0) is 14.8 Å². The van der Waals surface area contributed by atoms with Crippen LogP contribution in [0.5, 0.6) is 0 Å². The number of carbonyl (C=O) groups is 1. The second kappa shape index (κ2) is 6.66. The monoisotopic (exact) mass is 358 g/mol. The second-order valence-corrected chi connectivity index (χ2v) is 7.28. The fourth-order valence-corrected chi connectivity index (χ4v) is 3.12. The summed E-state index contributed by atoms with van der Waals surface area (Å²) in [5.41, 5.74) is 3.46. The fourth-order valence-electron chi connectivity index (χ4n) is 2.60. The predicted molar refractivity (Wildman–Crippen MR) is 97.1 cm³/mol. The van der Waals surface area contributed by atoms with Gasteiger partial charge in [-0.2, -0.15) is 5.10 Å². The van der Waals surface area contributed by atoms with Crippen molar-refractivity contribution in [3.63, 3.8) is 0 Å². The average Bonchev–Trinajstić information content (AvgIpc) is 3.04. The summed E-state index contributed by atoms with van der Waals surface area (Å²) in [5.74, 6) is -0.111. The first kappa shape index (κ1) is 17.1. The summed E-state index contributed by atoms with van der Waals surface area (Å²) in [6, 6.07) is 13.8. The summed E-state index contributed by atoms with van der Waals surface area (Å²) >= 11 is 0. The molecule has 3 rings (SSSR count). The van der Waals surface area contributed by atoms with Gasteiger partial charge in [-0.15, -0.1) is 0 Å². The second-order valence-electron chi connectivity index (χ2n) is 5.72. The van der Waals surface area contributed by atoms with E-state index in [1.54, 1.807) is 12.1 Å². The summed E-state index contributed by atoms with van der Waals surface area (Å²) in [6.07, 6.45) is 0.774. The van der Waals surface area contributed by atoms with E-state index in [0.717, 1.165) is 29.1 Å². The summed E-state index contributed by atoms with van der Waals surface area (Å²) in [5, 5.41) is 14.2. The maximum Gasteiger partial charge on any atom is 0.238 e. The fraction of sp³-hybridized carbons (Fsp3) is 0.176. The number of nitrogens with zero attached hydrogens (tertiary/aromatic N) is 2. The zero-order chi connectivity index (χ0) is 18.0. The maximum absolute atomic E-state index is 11.3. The molecule has 1 heterocycles. The van der Waals surface area contributed by atoms with Crippen LogP contribution in [0.1, 0.15) is 18.9 Å². The van der Waals surface area contributed by atoms with E-state index < -0.39 is 10.0 Å². The molecule has 8 heteroatoms. The first-order valence-corrected chi connectivity index (χ1v) is 9.23. The lowest BCUT2D eigenvalue weighted by molar-refractivity contribution is -0.114. The van der Waals surface area contributed by atoms with Crippen LogP contribution in [0.15, 0.2) is 58.5 Å². The molecule has 0 atom stereocenters. The van der Waals surface area contributed by atoms with Crippen LogP contribution in [0.2, 0.25) is 0 Å². The highest BCUT2D eigenvalue weighted by Crippen LogP contribution is 2.23. The van der Waals surface area contributed by atoms with Crippen LogP contribution < -0.4 is 15.5 Å². The van der Waals surface area contributed by atoms with Crippen LogP contribution in [0, 0.1) is 0 Å². The molecule has 0 radical (unpaired) electrons. The smallest absolute Gasteiger partial charge is 0.238 e. The highest BCUT2D eigenvalue weighted by atomic mass is 32.2. The number of hydrazone groups is 1. The Bertz CT molecular complexity index is 919. The van der Waals surface area contributed by atoms with Crippen molar-refractivity contribution in [1.82, 2.24) is 0 Å². The average molecular weight is 358 g/mol. The van der Waals surface area contributed by atoms with E-state index in [9.17, 15) is 13.2 Å². The number of sulfonamides is 1. The van der Waals surface area contributed by atoms with Gasteiger partial charge < -0.3 is 5.32 Å². The number of nitrogens with two attached hydrogens (primary N) is 1. The minimum atomic E-state index is -3.69. The van der Waals surface area contributed by atoms with E-state index in [-0.39, 0.29) is 10.8 Å². The third-order valence-electron chi connectivity index (χ3n) is 3.80. The number of primary sulfonamides is 1. The summed E-state index contributed by atoms with van der Waals surface area (Å²) < 4.78 is 22.6. The van der Waals surface area contributed by atoms with E-state index in [0.29, 0.717) is 6.54 Å². The quantitative estimate of drug-likeness (QED) is 0.871. The molecule has 1 aliphatic rings. The lowest BCUT2D eigenvalue weighted by atomic mass is 10.1. The van der Waals surface area contributed by atoms with E-state index in [1.807, 2.05) is 29.3 Å². The molecule has 0 aromatic heterocycles. The normalized spacial score (nSPS) is 14.3. The van der Waals surface area contributed by atoms with Gasteiger partial charge in [0, 0.05) is 25.6 Å². The molecular formula is C17H18N4O3S. The molecule has 1 aliphatic heterocycles. The van der Waals surface area contributed by atoms with Gasteiger partial charge in [0.15, 0.2) is 0 Å². The number of amides is 1. The van der Waals surface area contributed by atoms with E-state index in [1.165, 1.54) is 19.1 Å².